The van der Waals surface area contributed by atoms with Gasteiger partial charge in [0.05, 0.1) is 27.9 Å². The van der Waals surface area contributed by atoms with Gasteiger partial charge in [-0.2, -0.15) is 5.11 Å². The van der Waals surface area contributed by atoms with Crippen molar-refractivity contribution < 1.29 is 27.5 Å². The Hall–Kier alpha value is -3.17. The third-order valence-corrected chi connectivity index (χ3v) is 16.6. The van der Waals surface area contributed by atoms with Crippen LogP contribution in [0.1, 0.15) is 43.9 Å². The SMILES string of the molecule is CCO[Si](CCCN=NN=P12N(Cc3ccc(OC)cc3)CCN(CCN1Cc1ccc(OC)cc1)CCN2Cc1ccc(OC)cc1)(OCC)OCC. The largest absolute Gasteiger partial charge is 0.500 e. The fourth-order valence-electron chi connectivity index (χ4n) is 7.06. The second kappa shape index (κ2) is 21.2. The molecule has 54 heavy (non-hydrogen) atoms. The van der Waals surface area contributed by atoms with Gasteiger partial charge in [0.2, 0.25) is 0 Å². The zero-order valence-corrected chi connectivity index (χ0v) is 35.0. The standard InChI is InChI=1S/C39H60N7O6PSi/c1-7-50-54(51-8-2,52-9-3)30-10-23-40-41-42-53-44(31-34-11-17-37(47-4)18-12-34)27-24-43(25-28-45(53)32-35-13-19-38(48-5)20-14-35)26-29-46(53)33-36-15-21-39(49-6)22-16-36/h11-22H,7-10,23-33H2,1-6H3. The molecule has 0 aromatic heterocycles. The lowest BCUT2D eigenvalue weighted by atomic mass is 10.2. The van der Waals surface area contributed by atoms with Gasteiger partial charge in [-0.3, -0.25) is 4.90 Å². The summed E-state index contributed by atoms with van der Waals surface area (Å²) in [7, 11) is -0.418. The van der Waals surface area contributed by atoms with Gasteiger partial charge >= 0.3 is 8.80 Å². The molecule has 0 aliphatic carbocycles. The summed E-state index contributed by atoms with van der Waals surface area (Å²) >= 11 is 0. The van der Waals surface area contributed by atoms with E-state index in [1.54, 1.807) is 21.3 Å². The number of methoxy groups -OCH3 is 3. The third-order valence-electron chi connectivity index (χ3n) is 9.79. The van der Waals surface area contributed by atoms with Crippen molar-refractivity contribution >= 4 is 16.3 Å². The van der Waals surface area contributed by atoms with E-state index >= 15 is 0 Å². The number of ether oxygens (including phenoxy) is 3. The highest BCUT2D eigenvalue weighted by atomic mass is 31.2. The molecule has 296 valence electrons. The van der Waals surface area contributed by atoms with Crippen LogP contribution in [-0.2, 0) is 32.9 Å². The highest BCUT2D eigenvalue weighted by molar-refractivity contribution is 7.59. The smallest absolute Gasteiger partial charge is 0.497 e. The predicted molar refractivity (Wildman–Crippen MR) is 216 cm³/mol. The first-order valence-corrected chi connectivity index (χ1v) is 22.7. The van der Waals surface area contributed by atoms with E-state index in [1.807, 2.05) is 57.2 Å². The first kappa shape index (κ1) is 42.0. The van der Waals surface area contributed by atoms with Crippen molar-refractivity contribution in [3.05, 3.63) is 89.5 Å². The molecule has 3 aliphatic heterocycles. The van der Waals surface area contributed by atoms with Crippen LogP contribution < -0.4 is 14.2 Å². The van der Waals surface area contributed by atoms with Gasteiger partial charge in [0, 0.05) is 84.8 Å². The summed E-state index contributed by atoms with van der Waals surface area (Å²) in [5, 5.41) is 9.52. The summed E-state index contributed by atoms with van der Waals surface area (Å²) < 4.78 is 42.6. The summed E-state index contributed by atoms with van der Waals surface area (Å²) in [6.45, 7) is 15.6. The lowest BCUT2D eigenvalue weighted by Crippen LogP contribution is -2.53. The van der Waals surface area contributed by atoms with Gasteiger partial charge < -0.3 is 27.5 Å². The highest BCUT2D eigenvalue weighted by Gasteiger charge is 2.44. The van der Waals surface area contributed by atoms with Crippen LogP contribution in [0.5, 0.6) is 17.2 Å². The molecule has 0 unspecified atom stereocenters. The molecule has 15 heteroatoms. The molecule has 3 fully saturated rings. The van der Waals surface area contributed by atoms with E-state index < -0.39 is 16.3 Å². The van der Waals surface area contributed by atoms with Crippen molar-refractivity contribution in [1.82, 2.24) is 18.9 Å². The molecule has 3 saturated heterocycles. The second-order valence-electron chi connectivity index (χ2n) is 13.2. The molecule has 3 aromatic rings. The quantitative estimate of drug-likeness (QED) is 0.0374. The first-order chi connectivity index (χ1) is 26.4. The summed E-state index contributed by atoms with van der Waals surface area (Å²) in [5.74, 6) is 2.52. The fourth-order valence-corrected chi connectivity index (χ4v) is 13.4. The van der Waals surface area contributed by atoms with E-state index in [9.17, 15) is 0 Å². The Kier molecular flexibility index (Phi) is 16.5. The Morgan fingerprint density at radius 2 is 0.926 bits per heavy atom. The zero-order valence-electron chi connectivity index (χ0n) is 33.1. The molecule has 0 atom stereocenters. The van der Waals surface area contributed by atoms with Gasteiger partial charge in [-0.1, -0.05) is 36.4 Å². The fraction of sp³-hybridized carbons (Fsp3) is 0.538. The summed E-state index contributed by atoms with van der Waals surface area (Å²) in [6.07, 6.45) is 0.729. The van der Waals surface area contributed by atoms with Crippen molar-refractivity contribution in [3.8, 4) is 17.2 Å². The van der Waals surface area contributed by atoms with Crippen LogP contribution in [0.3, 0.4) is 0 Å². The first-order valence-electron chi connectivity index (χ1n) is 19.2. The molecule has 0 amide bonds. The van der Waals surface area contributed by atoms with E-state index in [0.29, 0.717) is 52.0 Å². The monoisotopic (exact) mass is 781 g/mol. The van der Waals surface area contributed by atoms with Crippen LogP contribution in [0.25, 0.3) is 0 Å². The topological polar surface area (TPSA) is 105 Å². The van der Waals surface area contributed by atoms with E-state index in [2.05, 4.69) is 55.3 Å². The lowest BCUT2D eigenvalue weighted by molar-refractivity contribution is 0.0709. The van der Waals surface area contributed by atoms with Crippen LogP contribution in [-0.4, -0.2) is 115 Å². The lowest BCUT2D eigenvalue weighted by Gasteiger charge is -2.53. The number of rotatable bonds is 20. The van der Waals surface area contributed by atoms with Gasteiger partial charge in [-0.25, -0.2) is 14.0 Å². The average molecular weight is 782 g/mol. The minimum atomic E-state index is -2.79. The summed E-state index contributed by atoms with van der Waals surface area (Å²) in [6, 6.07) is 25.8. The van der Waals surface area contributed by atoms with Gasteiger partial charge in [-0.15, -0.1) is 4.85 Å². The molecule has 3 aromatic carbocycles. The zero-order chi connectivity index (χ0) is 38.2. The van der Waals surface area contributed by atoms with Gasteiger partial charge in [-0.05, 0) is 85.5 Å². The summed E-state index contributed by atoms with van der Waals surface area (Å²) in [5.41, 5.74) is 3.58. The Morgan fingerprint density at radius 1 is 0.556 bits per heavy atom. The molecule has 3 heterocycles. The molecule has 0 radical (unpaired) electrons. The number of benzene rings is 3. The van der Waals surface area contributed by atoms with Crippen molar-refractivity contribution in [1.29, 1.82) is 0 Å². The van der Waals surface area contributed by atoms with E-state index in [4.69, 9.17) is 42.7 Å². The second-order valence-corrected chi connectivity index (χ2v) is 18.9. The van der Waals surface area contributed by atoms with Crippen LogP contribution in [0.2, 0.25) is 6.04 Å². The number of fused-ring (bicyclic) bond motifs is 6. The molecule has 6 rings (SSSR count). The van der Waals surface area contributed by atoms with Crippen molar-refractivity contribution in [2.45, 2.75) is 52.9 Å². The summed E-state index contributed by atoms with van der Waals surface area (Å²) in [4.78, 5) is 8.07. The van der Waals surface area contributed by atoms with Crippen molar-refractivity contribution in [2.75, 3.05) is 87.0 Å². The highest BCUT2D eigenvalue weighted by Crippen LogP contribution is 2.62. The van der Waals surface area contributed by atoms with E-state index in [1.165, 1.54) is 16.7 Å². The normalized spacial score (nSPS) is 20.1. The number of hydrogen-bond acceptors (Lipinski definition) is 8. The minimum absolute atomic E-state index is 0.495. The average Bonchev–Trinajstić information content (AvgIpc) is 3.19. The van der Waals surface area contributed by atoms with Crippen LogP contribution in [0.4, 0.5) is 0 Å². The van der Waals surface area contributed by atoms with Gasteiger partial charge in [0.25, 0.3) is 0 Å². The third kappa shape index (κ3) is 11.0. The Labute approximate surface area is 323 Å². The maximum Gasteiger partial charge on any atom is 0.500 e. The maximum absolute atomic E-state index is 6.10. The minimum Gasteiger partial charge on any atom is -0.497 e. The number of nitrogens with zero attached hydrogens (tertiary/aromatic N) is 7. The van der Waals surface area contributed by atoms with Crippen LogP contribution in [0.15, 0.2) is 88.0 Å². The Morgan fingerprint density at radius 3 is 1.26 bits per heavy atom. The molecule has 2 bridgehead atoms. The van der Waals surface area contributed by atoms with Crippen molar-refractivity contribution in [2.24, 2.45) is 15.2 Å². The van der Waals surface area contributed by atoms with Crippen LogP contribution in [0, 0.1) is 0 Å². The number of hydrogen-bond donors (Lipinski definition) is 0. The molecular weight excluding hydrogens is 722 g/mol. The van der Waals surface area contributed by atoms with Gasteiger partial charge in [0.15, 0.2) is 7.51 Å². The Balaban J connectivity index is 1.58. The molecule has 3 aliphatic rings. The predicted octanol–water partition coefficient (Wildman–Crippen LogP) is 7.60. The van der Waals surface area contributed by atoms with E-state index in [-0.39, 0.29) is 0 Å². The van der Waals surface area contributed by atoms with Gasteiger partial charge in [0.1, 0.15) is 17.2 Å². The maximum atomic E-state index is 6.10. The molecule has 0 N–H and O–H groups in total. The molecule has 0 spiro atoms. The van der Waals surface area contributed by atoms with Crippen LogP contribution >= 0.6 is 7.51 Å². The van der Waals surface area contributed by atoms with E-state index in [0.717, 1.165) is 62.9 Å². The molecule has 13 nitrogen and oxygen atoms in total. The molecular formula is C39H60N7O6PSi. The Bertz CT molecular complexity index is 1460. The molecule has 0 saturated carbocycles. The van der Waals surface area contributed by atoms with Crippen molar-refractivity contribution in [3.63, 3.8) is 0 Å².